The highest BCUT2D eigenvalue weighted by Gasteiger charge is 2.23. The Balaban J connectivity index is 2.21. The van der Waals surface area contributed by atoms with Gasteiger partial charge in [-0.2, -0.15) is 0 Å². The second-order valence-electron chi connectivity index (χ2n) is 4.66. The van der Waals surface area contributed by atoms with Crippen molar-refractivity contribution in [2.45, 2.75) is 12.3 Å². The van der Waals surface area contributed by atoms with E-state index in [0.29, 0.717) is 16.9 Å². The molecule has 4 nitrogen and oxygen atoms in total. The maximum atomic E-state index is 12.3. The summed E-state index contributed by atoms with van der Waals surface area (Å²) in [4.78, 5) is 23.7. The summed E-state index contributed by atoms with van der Waals surface area (Å²) in [5.41, 5.74) is 1.08. The fourth-order valence-corrected chi connectivity index (χ4v) is 2.13. The van der Waals surface area contributed by atoms with Crippen molar-refractivity contribution in [3.8, 4) is 5.75 Å². The average molecular weight is 284 g/mol. The normalized spacial score (nSPS) is 11.7. The van der Waals surface area contributed by atoms with Crippen LogP contribution < -0.4 is 4.74 Å². The molecule has 0 aliphatic carbocycles. The number of benzene rings is 2. The number of Topliss-reactive ketones (excluding diaryl/α,β-unsaturated/α-hetero) is 1. The number of hydrogen-bond donors (Lipinski definition) is 1. The van der Waals surface area contributed by atoms with Gasteiger partial charge in [-0.15, -0.1) is 0 Å². The van der Waals surface area contributed by atoms with E-state index in [-0.39, 0.29) is 12.2 Å². The number of aliphatic carboxylic acids is 1. The molecular formula is C17H16O4. The molecule has 4 heteroatoms. The zero-order chi connectivity index (χ0) is 15.2. The van der Waals surface area contributed by atoms with Crippen LogP contribution in [0.25, 0.3) is 0 Å². The zero-order valence-corrected chi connectivity index (χ0v) is 11.7. The largest absolute Gasteiger partial charge is 0.497 e. The summed E-state index contributed by atoms with van der Waals surface area (Å²) in [6, 6.07) is 15.5. The quantitative estimate of drug-likeness (QED) is 0.828. The average Bonchev–Trinajstić information content (AvgIpc) is 2.53. The van der Waals surface area contributed by atoms with Crippen LogP contribution in [0.1, 0.15) is 28.3 Å². The van der Waals surface area contributed by atoms with E-state index >= 15 is 0 Å². The second kappa shape index (κ2) is 6.70. The molecule has 0 heterocycles. The Hall–Kier alpha value is -2.62. The number of carboxylic acids is 1. The Kier molecular flexibility index (Phi) is 4.72. The standard InChI is InChI=1S/C17H16O4/c1-21-14-9-5-8-13(10-14)16(18)11-15(17(19)20)12-6-3-2-4-7-12/h2-10,15H,11H2,1H3,(H,19,20). The lowest BCUT2D eigenvalue weighted by Crippen LogP contribution is -2.16. The van der Waals surface area contributed by atoms with Crippen LogP contribution in [0.2, 0.25) is 0 Å². The molecule has 0 fully saturated rings. The van der Waals surface area contributed by atoms with Gasteiger partial charge in [-0.05, 0) is 17.7 Å². The molecular weight excluding hydrogens is 268 g/mol. The Bertz CT molecular complexity index is 634. The molecule has 21 heavy (non-hydrogen) atoms. The first kappa shape index (κ1) is 14.8. The highest BCUT2D eigenvalue weighted by atomic mass is 16.5. The monoisotopic (exact) mass is 284 g/mol. The predicted molar refractivity (Wildman–Crippen MR) is 78.8 cm³/mol. The molecule has 2 aromatic carbocycles. The summed E-state index contributed by atoms with van der Waals surface area (Å²) >= 11 is 0. The Morgan fingerprint density at radius 3 is 2.43 bits per heavy atom. The minimum Gasteiger partial charge on any atom is -0.497 e. The Morgan fingerprint density at radius 1 is 1.10 bits per heavy atom. The third-order valence-corrected chi connectivity index (χ3v) is 3.28. The molecule has 0 saturated heterocycles. The van der Waals surface area contributed by atoms with Gasteiger partial charge in [0, 0.05) is 12.0 Å². The zero-order valence-electron chi connectivity index (χ0n) is 11.7. The Labute approximate surface area is 123 Å². The number of carbonyl (C=O) groups is 2. The van der Waals surface area contributed by atoms with Gasteiger partial charge in [0.25, 0.3) is 0 Å². The number of hydrogen-bond acceptors (Lipinski definition) is 3. The van der Waals surface area contributed by atoms with Crippen LogP contribution in [-0.4, -0.2) is 24.0 Å². The highest BCUT2D eigenvalue weighted by molar-refractivity contribution is 5.99. The summed E-state index contributed by atoms with van der Waals surface area (Å²) in [6.45, 7) is 0. The minimum atomic E-state index is -1.00. The molecule has 0 radical (unpaired) electrons. The van der Waals surface area contributed by atoms with Crippen molar-refractivity contribution in [1.29, 1.82) is 0 Å². The Morgan fingerprint density at radius 2 is 1.81 bits per heavy atom. The molecule has 0 amide bonds. The number of rotatable bonds is 6. The second-order valence-corrected chi connectivity index (χ2v) is 4.66. The van der Waals surface area contributed by atoms with Crippen LogP contribution in [0, 0.1) is 0 Å². The topological polar surface area (TPSA) is 63.6 Å². The lowest BCUT2D eigenvalue weighted by Gasteiger charge is -2.12. The van der Waals surface area contributed by atoms with Crippen LogP contribution in [0.15, 0.2) is 54.6 Å². The number of ether oxygens (including phenoxy) is 1. The van der Waals surface area contributed by atoms with Gasteiger partial charge in [0.1, 0.15) is 5.75 Å². The maximum Gasteiger partial charge on any atom is 0.311 e. The first-order valence-electron chi connectivity index (χ1n) is 6.57. The smallest absolute Gasteiger partial charge is 0.311 e. The SMILES string of the molecule is COc1cccc(C(=O)CC(C(=O)O)c2ccccc2)c1. The van der Waals surface area contributed by atoms with Gasteiger partial charge in [0.2, 0.25) is 0 Å². The molecule has 2 rings (SSSR count). The summed E-state index contributed by atoms with van der Waals surface area (Å²) in [5.74, 6) is -1.49. The number of ketones is 1. The summed E-state index contributed by atoms with van der Waals surface area (Å²) < 4.78 is 5.07. The van der Waals surface area contributed by atoms with E-state index in [1.165, 1.54) is 7.11 Å². The molecule has 0 aromatic heterocycles. The van der Waals surface area contributed by atoms with Gasteiger partial charge < -0.3 is 9.84 Å². The van der Waals surface area contributed by atoms with Crippen molar-refractivity contribution < 1.29 is 19.4 Å². The fraction of sp³-hybridized carbons (Fsp3) is 0.176. The molecule has 0 bridgehead atoms. The third-order valence-electron chi connectivity index (χ3n) is 3.28. The van der Waals surface area contributed by atoms with Gasteiger partial charge in [-0.25, -0.2) is 0 Å². The molecule has 0 aliphatic heterocycles. The van der Waals surface area contributed by atoms with Crippen molar-refractivity contribution >= 4 is 11.8 Å². The lowest BCUT2D eigenvalue weighted by atomic mass is 9.91. The minimum absolute atomic E-state index is 0.0769. The van der Waals surface area contributed by atoms with Crippen molar-refractivity contribution in [1.82, 2.24) is 0 Å². The molecule has 1 unspecified atom stereocenters. The predicted octanol–water partition coefficient (Wildman–Crippen LogP) is 3.14. The lowest BCUT2D eigenvalue weighted by molar-refractivity contribution is -0.138. The van der Waals surface area contributed by atoms with Crippen LogP contribution in [0.5, 0.6) is 5.75 Å². The van der Waals surface area contributed by atoms with Crippen LogP contribution >= 0.6 is 0 Å². The molecule has 1 N–H and O–H groups in total. The van der Waals surface area contributed by atoms with E-state index in [9.17, 15) is 14.7 Å². The third kappa shape index (κ3) is 3.69. The summed E-state index contributed by atoms with van der Waals surface area (Å²) in [5, 5.41) is 9.35. The van der Waals surface area contributed by atoms with E-state index in [0.717, 1.165) is 0 Å². The molecule has 108 valence electrons. The van der Waals surface area contributed by atoms with E-state index in [1.54, 1.807) is 48.5 Å². The number of methoxy groups -OCH3 is 1. The molecule has 0 aliphatic rings. The van der Waals surface area contributed by atoms with Crippen LogP contribution in [0.4, 0.5) is 0 Å². The van der Waals surface area contributed by atoms with E-state index < -0.39 is 11.9 Å². The van der Waals surface area contributed by atoms with E-state index in [1.807, 2.05) is 6.07 Å². The first-order valence-corrected chi connectivity index (χ1v) is 6.57. The van der Waals surface area contributed by atoms with Gasteiger partial charge in [0.05, 0.1) is 13.0 Å². The van der Waals surface area contributed by atoms with E-state index in [4.69, 9.17) is 4.74 Å². The van der Waals surface area contributed by atoms with Crippen LogP contribution in [0.3, 0.4) is 0 Å². The summed E-state index contributed by atoms with van der Waals surface area (Å²) in [6.07, 6.45) is -0.0769. The molecule has 0 spiro atoms. The molecule has 0 saturated carbocycles. The van der Waals surface area contributed by atoms with Gasteiger partial charge in [-0.3, -0.25) is 9.59 Å². The molecule has 2 aromatic rings. The van der Waals surface area contributed by atoms with Gasteiger partial charge in [-0.1, -0.05) is 42.5 Å². The number of carbonyl (C=O) groups excluding carboxylic acids is 1. The number of carboxylic acid groups (broad SMARTS) is 1. The van der Waals surface area contributed by atoms with Gasteiger partial charge >= 0.3 is 5.97 Å². The van der Waals surface area contributed by atoms with Crippen molar-refractivity contribution in [3.05, 3.63) is 65.7 Å². The maximum absolute atomic E-state index is 12.3. The van der Waals surface area contributed by atoms with Crippen molar-refractivity contribution in [2.75, 3.05) is 7.11 Å². The van der Waals surface area contributed by atoms with Crippen LogP contribution in [-0.2, 0) is 4.79 Å². The van der Waals surface area contributed by atoms with E-state index in [2.05, 4.69) is 0 Å². The summed E-state index contributed by atoms with van der Waals surface area (Å²) in [7, 11) is 1.52. The first-order chi connectivity index (χ1) is 10.1. The highest BCUT2D eigenvalue weighted by Crippen LogP contribution is 2.23. The molecule has 1 atom stereocenters. The van der Waals surface area contributed by atoms with Crippen molar-refractivity contribution in [2.24, 2.45) is 0 Å². The van der Waals surface area contributed by atoms with Gasteiger partial charge in [0.15, 0.2) is 5.78 Å². The van der Waals surface area contributed by atoms with Crippen molar-refractivity contribution in [3.63, 3.8) is 0 Å². The fourth-order valence-electron chi connectivity index (χ4n) is 2.13.